The molecule has 1 saturated carbocycles. The summed E-state index contributed by atoms with van der Waals surface area (Å²) in [7, 11) is -0.776. The smallest absolute Gasteiger partial charge is 0.358 e. The summed E-state index contributed by atoms with van der Waals surface area (Å²) in [6.45, 7) is 2.15. The maximum atomic E-state index is 13.4. The lowest BCUT2D eigenvalue weighted by Crippen LogP contribution is -2.54. The fourth-order valence-electron chi connectivity index (χ4n) is 5.99. The molecule has 238 valence electrons. The second kappa shape index (κ2) is 14.1. The number of alkyl halides is 6. The van der Waals surface area contributed by atoms with Gasteiger partial charge in [0.1, 0.15) is 0 Å². The van der Waals surface area contributed by atoms with Crippen molar-refractivity contribution in [3.63, 3.8) is 0 Å². The highest BCUT2D eigenvalue weighted by atomic mass is 32.1. The Bertz CT molecular complexity index is 1470. The average Bonchev–Trinajstić information content (AvgIpc) is 3.48. The van der Waals surface area contributed by atoms with E-state index in [4.69, 9.17) is 12.2 Å². The van der Waals surface area contributed by atoms with E-state index in [0.29, 0.717) is 12.1 Å². The summed E-state index contributed by atoms with van der Waals surface area (Å²) in [5.74, 6) is 0. The maximum Gasteiger partial charge on any atom is 0.416 e. The van der Waals surface area contributed by atoms with Crippen LogP contribution in [0.5, 0.6) is 0 Å². The summed E-state index contributed by atoms with van der Waals surface area (Å²) in [4.78, 5) is 0. The average molecular weight is 662 g/mol. The van der Waals surface area contributed by atoms with Crippen LogP contribution in [-0.4, -0.2) is 23.2 Å². The van der Waals surface area contributed by atoms with E-state index in [9.17, 15) is 26.3 Å². The zero-order valence-corrected chi connectivity index (χ0v) is 26.3. The molecule has 2 aliphatic carbocycles. The molecule has 0 aromatic heterocycles. The molecule has 1 fully saturated rings. The topological polar surface area (TPSA) is 36.1 Å². The number of nitrogens with one attached hydrogen (secondary N) is 3. The molecule has 0 heterocycles. The second-order valence-electron chi connectivity index (χ2n) is 11.3. The molecule has 3 nitrogen and oxygen atoms in total. The molecule has 3 atom stereocenters. The molecular formula is C34H34F6N3PS. The number of rotatable bonds is 8. The van der Waals surface area contributed by atoms with Gasteiger partial charge in [-0.1, -0.05) is 85.7 Å². The Labute approximate surface area is 265 Å². The molecule has 0 aliphatic heterocycles. The summed E-state index contributed by atoms with van der Waals surface area (Å²) in [6.07, 6.45) is -1.08. The van der Waals surface area contributed by atoms with Crippen LogP contribution in [0.25, 0.3) is 0 Å². The Hall–Kier alpha value is -3.20. The molecular weight excluding hydrogens is 627 g/mol. The van der Waals surface area contributed by atoms with E-state index in [0.717, 1.165) is 32.1 Å². The molecule has 3 aromatic rings. The normalized spacial score (nSPS) is 19.6. The lowest BCUT2D eigenvalue weighted by molar-refractivity contribution is -0.143. The molecule has 11 heteroatoms. The molecule has 0 amide bonds. The van der Waals surface area contributed by atoms with Gasteiger partial charge in [-0.15, -0.1) is 0 Å². The summed E-state index contributed by atoms with van der Waals surface area (Å²) in [6, 6.07) is 22.2. The molecule has 0 radical (unpaired) electrons. The van der Waals surface area contributed by atoms with Crippen molar-refractivity contribution in [1.82, 2.24) is 10.6 Å². The monoisotopic (exact) mass is 661 g/mol. The van der Waals surface area contributed by atoms with Crippen molar-refractivity contribution < 1.29 is 26.3 Å². The highest BCUT2D eigenvalue weighted by Gasteiger charge is 2.37. The molecule has 0 bridgehead atoms. The van der Waals surface area contributed by atoms with E-state index in [1.54, 1.807) is 0 Å². The van der Waals surface area contributed by atoms with Gasteiger partial charge in [0, 0.05) is 23.8 Å². The van der Waals surface area contributed by atoms with E-state index in [1.165, 1.54) is 21.5 Å². The molecule has 0 spiro atoms. The zero-order chi connectivity index (χ0) is 32.2. The van der Waals surface area contributed by atoms with Crippen molar-refractivity contribution in [2.75, 3.05) is 5.32 Å². The van der Waals surface area contributed by atoms with Gasteiger partial charge < -0.3 is 16.0 Å². The number of allylic oxidation sites excluding steroid dienone is 3. The van der Waals surface area contributed by atoms with Crippen LogP contribution in [0.4, 0.5) is 32.0 Å². The van der Waals surface area contributed by atoms with E-state index in [2.05, 4.69) is 83.6 Å². The minimum absolute atomic E-state index is 0.00484. The third-order valence-electron chi connectivity index (χ3n) is 8.13. The lowest BCUT2D eigenvalue weighted by atomic mass is 9.89. The Morgan fingerprint density at radius 1 is 0.800 bits per heavy atom. The summed E-state index contributed by atoms with van der Waals surface area (Å²) < 4.78 is 80.2. The molecule has 0 unspecified atom stereocenters. The van der Waals surface area contributed by atoms with Gasteiger partial charge in [-0.05, 0) is 86.0 Å². The minimum atomic E-state index is -4.94. The van der Waals surface area contributed by atoms with Crippen LogP contribution in [0.1, 0.15) is 50.2 Å². The molecule has 3 N–H and O–H groups in total. The van der Waals surface area contributed by atoms with Gasteiger partial charge in [-0.2, -0.15) is 26.3 Å². The van der Waals surface area contributed by atoms with Gasteiger partial charge in [-0.25, -0.2) is 0 Å². The Balaban J connectivity index is 1.33. The first-order valence-corrected chi connectivity index (χ1v) is 16.6. The summed E-state index contributed by atoms with van der Waals surface area (Å²) in [5, 5.41) is 13.4. The number of halogens is 6. The fraction of sp³-hybridized carbons (Fsp3) is 0.324. The third kappa shape index (κ3) is 8.34. The fourth-order valence-corrected chi connectivity index (χ4v) is 8.89. The van der Waals surface area contributed by atoms with Gasteiger partial charge >= 0.3 is 12.4 Å². The van der Waals surface area contributed by atoms with Crippen LogP contribution in [0.3, 0.4) is 0 Å². The van der Waals surface area contributed by atoms with Gasteiger partial charge in [0.15, 0.2) is 5.11 Å². The zero-order valence-electron chi connectivity index (χ0n) is 24.6. The van der Waals surface area contributed by atoms with Crippen molar-refractivity contribution in [3.8, 4) is 0 Å². The van der Waals surface area contributed by atoms with Gasteiger partial charge in [-0.3, -0.25) is 0 Å². The Kier molecular flexibility index (Phi) is 10.4. The quantitative estimate of drug-likeness (QED) is 0.128. The van der Waals surface area contributed by atoms with Crippen LogP contribution in [0.2, 0.25) is 0 Å². The largest absolute Gasteiger partial charge is 0.416 e. The van der Waals surface area contributed by atoms with Crippen molar-refractivity contribution in [3.05, 3.63) is 113 Å². The van der Waals surface area contributed by atoms with Crippen molar-refractivity contribution in [1.29, 1.82) is 0 Å². The summed E-state index contributed by atoms with van der Waals surface area (Å²) in [5.41, 5.74) is -1.85. The number of hydrogen-bond acceptors (Lipinski definition) is 2. The lowest BCUT2D eigenvalue weighted by Gasteiger charge is -2.36. The molecule has 0 saturated heterocycles. The van der Waals surface area contributed by atoms with Crippen LogP contribution in [-0.2, 0) is 12.4 Å². The highest BCUT2D eigenvalue weighted by Crippen LogP contribution is 2.48. The van der Waals surface area contributed by atoms with Gasteiger partial charge in [0.25, 0.3) is 0 Å². The first-order chi connectivity index (χ1) is 21.4. The van der Waals surface area contributed by atoms with Crippen LogP contribution in [0, 0.1) is 0 Å². The van der Waals surface area contributed by atoms with Crippen LogP contribution >= 0.6 is 20.1 Å². The maximum absolute atomic E-state index is 13.4. The number of anilines is 1. The molecule has 5 rings (SSSR count). The third-order valence-corrected chi connectivity index (χ3v) is 10.9. The number of hydrogen-bond donors (Lipinski definition) is 3. The van der Waals surface area contributed by atoms with E-state index in [-0.39, 0.29) is 35.0 Å². The first-order valence-electron chi connectivity index (χ1n) is 14.8. The van der Waals surface area contributed by atoms with Crippen molar-refractivity contribution >= 4 is 41.5 Å². The highest BCUT2D eigenvalue weighted by molar-refractivity contribution is 7.80. The minimum Gasteiger partial charge on any atom is -0.358 e. The Morgan fingerprint density at radius 2 is 1.33 bits per heavy atom. The molecule has 2 aliphatic rings. The first kappa shape index (κ1) is 33.2. The molecule has 3 aromatic carbocycles. The SMILES string of the molecule is C[C@@H](N[C@H]1CCCC[C@@H]1NC(=S)Nc1cc(C(F)(F)F)cc(C(F)(F)F)c1)C1=C(P(c2ccccc2)c2ccccc2)C=CC1. The second-order valence-corrected chi connectivity index (χ2v) is 13.9. The predicted octanol–water partition coefficient (Wildman–Crippen LogP) is 8.65. The van der Waals surface area contributed by atoms with Gasteiger partial charge in [0.05, 0.1) is 11.1 Å². The van der Waals surface area contributed by atoms with Crippen LogP contribution in [0.15, 0.2) is 102 Å². The van der Waals surface area contributed by atoms with E-state index in [1.807, 2.05) is 12.1 Å². The predicted molar refractivity (Wildman–Crippen MR) is 174 cm³/mol. The van der Waals surface area contributed by atoms with Crippen LogP contribution < -0.4 is 26.6 Å². The summed E-state index contributed by atoms with van der Waals surface area (Å²) >= 11 is 5.40. The molecule has 45 heavy (non-hydrogen) atoms. The standard InChI is InChI=1S/C34H34F6N3PS/c1-22(28-15-10-18-31(28)44(26-11-4-2-5-12-26)27-13-6-3-7-14-27)41-29-16-8-9-17-30(29)43-32(45)42-25-20-23(33(35,36)37)19-24(21-25)34(38,39)40/h2-7,10-14,18-22,29-30,41H,8-9,15-17H2,1H3,(H2,42,43,45)/t22-,29+,30+/m1/s1. The number of thiocarbonyl (C=S) groups is 1. The van der Waals surface area contributed by atoms with Gasteiger partial charge in [0.2, 0.25) is 0 Å². The van der Waals surface area contributed by atoms with E-state index >= 15 is 0 Å². The van der Waals surface area contributed by atoms with Crippen molar-refractivity contribution in [2.24, 2.45) is 0 Å². The Morgan fingerprint density at radius 3 is 1.87 bits per heavy atom. The van der Waals surface area contributed by atoms with E-state index < -0.39 is 31.4 Å². The van der Waals surface area contributed by atoms with Crippen molar-refractivity contribution in [2.45, 2.75) is 69.5 Å². The number of benzene rings is 3.